The third-order valence-electron chi connectivity index (χ3n) is 7.19. The molecule has 5 aromatic rings. The van der Waals surface area contributed by atoms with Crippen molar-refractivity contribution < 1.29 is 4.79 Å². The second-order valence-corrected chi connectivity index (χ2v) is 10.0. The molecule has 1 saturated carbocycles. The minimum atomic E-state index is -0.337. The van der Waals surface area contributed by atoms with E-state index in [0.717, 1.165) is 58.2 Å². The molecule has 10 heteroatoms. The minimum absolute atomic E-state index is 0.102. The summed E-state index contributed by atoms with van der Waals surface area (Å²) in [5.74, 6) is 1.77. The number of anilines is 1. The van der Waals surface area contributed by atoms with Crippen molar-refractivity contribution in [2.45, 2.75) is 38.6 Å². The van der Waals surface area contributed by atoms with Crippen molar-refractivity contribution in [1.82, 2.24) is 34.2 Å². The first-order chi connectivity index (χ1) is 17.4. The maximum Gasteiger partial charge on any atom is 0.278 e. The molecule has 9 nitrogen and oxygen atoms in total. The predicted molar refractivity (Wildman–Crippen MR) is 135 cm³/mol. The number of amides is 1. The van der Waals surface area contributed by atoms with E-state index in [9.17, 15) is 4.79 Å². The number of pyridine rings is 1. The second-order valence-electron chi connectivity index (χ2n) is 9.60. The third-order valence-corrected chi connectivity index (χ3v) is 7.44. The van der Waals surface area contributed by atoms with Gasteiger partial charge in [-0.2, -0.15) is 10.2 Å². The van der Waals surface area contributed by atoms with Crippen molar-refractivity contribution in [2.24, 2.45) is 7.05 Å². The van der Waals surface area contributed by atoms with Crippen LogP contribution in [0.2, 0.25) is 5.02 Å². The SMILES string of the molecule is Cc1cc(N2C(=O)c3c(c(C4CC4)nn3-c3ccnn3C)C2c2ccc(Cl)cc2)cn2c(C)nnc12. The Morgan fingerprint density at radius 3 is 2.53 bits per heavy atom. The van der Waals surface area contributed by atoms with Gasteiger partial charge in [-0.15, -0.1) is 10.2 Å². The van der Waals surface area contributed by atoms with E-state index in [1.807, 2.05) is 72.8 Å². The first-order valence-electron chi connectivity index (χ1n) is 11.9. The number of nitrogens with zero attached hydrogens (tertiary/aromatic N) is 8. The summed E-state index contributed by atoms with van der Waals surface area (Å²) in [6, 6.07) is 11.3. The van der Waals surface area contributed by atoms with Crippen molar-refractivity contribution in [3.63, 3.8) is 0 Å². The van der Waals surface area contributed by atoms with Gasteiger partial charge in [0.1, 0.15) is 11.5 Å². The van der Waals surface area contributed by atoms with Crippen LogP contribution in [0.4, 0.5) is 5.69 Å². The molecule has 1 aliphatic carbocycles. The smallest absolute Gasteiger partial charge is 0.278 e. The lowest BCUT2D eigenvalue weighted by atomic mass is 9.97. The Labute approximate surface area is 211 Å². The number of carbonyl (C=O) groups is 1. The van der Waals surface area contributed by atoms with E-state index in [1.54, 1.807) is 15.6 Å². The highest BCUT2D eigenvalue weighted by Gasteiger charge is 2.47. The van der Waals surface area contributed by atoms with Crippen molar-refractivity contribution in [3.8, 4) is 5.82 Å². The first kappa shape index (κ1) is 21.3. The van der Waals surface area contributed by atoms with Gasteiger partial charge in [0.05, 0.1) is 23.6 Å². The van der Waals surface area contributed by atoms with Gasteiger partial charge in [0.15, 0.2) is 11.5 Å². The number of carbonyl (C=O) groups excluding carboxylic acids is 1. The quantitative estimate of drug-likeness (QED) is 0.363. The average Bonchev–Trinajstić information content (AvgIpc) is 3.17. The van der Waals surface area contributed by atoms with E-state index >= 15 is 0 Å². The number of rotatable bonds is 4. The predicted octanol–water partition coefficient (Wildman–Crippen LogP) is 4.55. The Hall–Kier alpha value is -3.98. The normalized spacial score (nSPS) is 17.4. The Morgan fingerprint density at radius 1 is 1.06 bits per heavy atom. The lowest BCUT2D eigenvalue weighted by molar-refractivity contribution is 0.0986. The van der Waals surface area contributed by atoms with E-state index in [2.05, 4.69) is 15.3 Å². The van der Waals surface area contributed by atoms with Gasteiger partial charge >= 0.3 is 0 Å². The molecule has 4 aromatic heterocycles. The summed E-state index contributed by atoms with van der Waals surface area (Å²) >= 11 is 6.25. The molecular formula is C26H23ClN8O. The Morgan fingerprint density at radius 2 is 1.83 bits per heavy atom. The highest BCUT2D eigenvalue weighted by atomic mass is 35.5. The van der Waals surface area contributed by atoms with Crippen LogP contribution in [0, 0.1) is 13.8 Å². The minimum Gasteiger partial charge on any atom is -0.294 e. The third kappa shape index (κ3) is 2.99. The number of benzene rings is 1. The maximum absolute atomic E-state index is 14.4. The van der Waals surface area contributed by atoms with Crippen molar-refractivity contribution in [3.05, 3.63) is 87.7 Å². The van der Waals surface area contributed by atoms with Gasteiger partial charge in [0.25, 0.3) is 5.91 Å². The van der Waals surface area contributed by atoms with Crippen LogP contribution >= 0.6 is 11.6 Å². The summed E-state index contributed by atoms with van der Waals surface area (Å²) < 4.78 is 5.46. The molecule has 0 bridgehead atoms. The maximum atomic E-state index is 14.4. The number of halogens is 1. The zero-order valence-corrected chi connectivity index (χ0v) is 20.8. The molecule has 1 atom stereocenters. The van der Waals surface area contributed by atoms with E-state index in [4.69, 9.17) is 16.7 Å². The molecule has 0 spiro atoms. The van der Waals surface area contributed by atoms with Gasteiger partial charge < -0.3 is 0 Å². The largest absolute Gasteiger partial charge is 0.294 e. The fraction of sp³-hybridized carbons (Fsp3) is 0.269. The number of aryl methyl sites for hydroxylation is 3. The van der Waals surface area contributed by atoms with Crippen molar-refractivity contribution in [1.29, 1.82) is 0 Å². The van der Waals surface area contributed by atoms with Crippen LogP contribution in [0.3, 0.4) is 0 Å². The molecule has 180 valence electrons. The molecule has 7 rings (SSSR count). The van der Waals surface area contributed by atoms with Crippen LogP contribution in [-0.2, 0) is 7.05 Å². The standard InChI is InChI=1S/C26H23ClN8O/c1-14-12-19(13-33-15(2)29-30-25(14)33)34-23(17-6-8-18(27)9-7-17)21-22(16-4-5-16)31-35(24(21)26(34)36)20-10-11-28-32(20)3/h6-13,16,23H,4-5H2,1-3H3. The van der Waals surface area contributed by atoms with Gasteiger partial charge in [-0.3, -0.25) is 18.8 Å². The average molecular weight is 499 g/mol. The molecule has 0 saturated heterocycles. The van der Waals surface area contributed by atoms with Crippen LogP contribution in [0.15, 0.2) is 48.8 Å². The molecule has 1 fully saturated rings. The van der Waals surface area contributed by atoms with Gasteiger partial charge in [0.2, 0.25) is 0 Å². The number of aromatic nitrogens is 7. The van der Waals surface area contributed by atoms with Gasteiger partial charge in [-0.05, 0) is 56.0 Å². The number of fused-ring (bicyclic) bond motifs is 2. The molecule has 1 amide bonds. The lowest BCUT2D eigenvalue weighted by Crippen LogP contribution is -2.31. The van der Waals surface area contributed by atoms with E-state index in [1.165, 1.54) is 0 Å². The Kier molecular flexibility index (Phi) is 4.45. The van der Waals surface area contributed by atoms with Crippen LogP contribution in [0.25, 0.3) is 11.5 Å². The summed E-state index contributed by atoms with van der Waals surface area (Å²) in [6.07, 6.45) is 5.81. The monoisotopic (exact) mass is 498 g/mol. The van der Waals surface area contributed by atoms with Gasteiger partial charge in [-0.25, -0.2) is 4.68 Å². The summed E-state index contributed by atoms with van der Waals surface area (Å²) in [7, 11) is 1.86. The summed E-state index contributed by atoms with van der Waals surface area (Å²) in [6.45, 7) is 3.90. The molecule has 0 radical (unpaired) electrons. The fourth-order valence-electron chi connectivity index (χ4n) is 5.29. The first-order valence-corrected chi connectivity index (χ1v) is 12.3. The molecule has 1 aliphatic heterocycles. The lowest BCUT2D eigenvalue weighted by Gasteiger charge is -2.27. The zero-order valence-electron chi connectivity index (χ0n) is 20.1. The molecule has 5 heterocycles. The Balaban J connectivity index is 1.51. The second kappa shape index (κ2) is 7.51. The zero-order chi connectivity index (χ0) is 24.7. The number of hydrogen-bond donors (Lipinski definition) is 0. The van der Waals surface area contributed by atoms with E-state index in [0.29, 0.717) is 16.6 Å². The topological polar surface area (TPSA) is 86.1 Å². The number of hydrogen-bond acceptors (Lipinski definition) is 5. The van der Waals surface area contributed by atoms with Crippen LogP contribution < -0.4 is 4.90 Å². The van der Waals surface area contributed by atoms with E-state index < -0.39 is 0 Å². The molecule has 1 aromatic carbocycles. The molecule has 2 aliphatic rings. The van der Waals surface area contributed by atoms with Crippen LogP contribution in [-0.4, -0.2) is 40.1 Å². The summed E-state index contributed by atoms with van der Waals surface area (Å²) in [5.41, 5.74) is 6.02. The molecule has 0 N–H and O–H groups in total. The summed E-state index contributed by atoms with van der Waals surface area (Å²) in [5, 5.41) is 18.5. The molecule has 1 unspecified atom stereocenters. The van der Waals surface area contributed by atoms with E-state index in [-0.39, 0.29) is 11.9 Å². The Bertz CT molecular complexity index is 1670. The summed E-state index contributed by atoms with van der Waals surface area (Å²) in [4.78, 5) is 16.2. The highest BCUT2D eigenvalue weighted by molar-refractivity contribution is 6.30. The van der Waals surface area contributed by atoms with Gasteiger partial charge in [-0.1, -0.05) is 23.7 Å². The van der Waals surface area contributed by atoms with Crippen molar-refractivity contribution in [2.75, 3.05) is 4.90 Å². The fourth-order valence-corrected chi connectivity index (χ4v) is 5.42. The highest BCUT2D eigenvalue weighted by Crippen LogP contribution is 2.50. The van der Waals surface area contributed by atoms with Crippen LogP contribution in [0.1, 0.15) is 63.5 Å². The van der Waals surface area contributed by atoms with Crippen LogP contribution in [0.5, 0.6) is 0 Å². The van der Waals surface area contributed by atoms with Crippen molar-refractivity contribution >= 4 is 28.8 Å². The molecule has 36 heavy (non-hydrogen) atoms. The van der Waals surface area contributed by atoms with Gasteiger partial charge in [0, 0.05) is 35.8 Å². The molecular weight excluding hydrogens is 476 g/mol.